The molecule has 0 heterocycles. The Hall–Kier alpha value is -1.69. The molecule has 3 N–H and O–H groups in total. The van der Waals surface area contributed by atoms with Gasteiger partial charge in [-0.15, -0.1) is 0 Å². The van der Waals surface area contributed by atoms with Gasteiger partial charge in [-0.25, -0.2) is 4.79 Å². The first-order chi connectivity index (χ1) is 11.0. The maximum atomic E-state index is 11.9. The lowest BCUT2D eigenvalue weighted by molar-refractivity contribution is -0.165. The maximum Gasteiger partial charge on any atom is 0.342 e. The molecule has 1 aliphatic carbocycles. The average Bonchev–Trinajstić information content (AvgIpc) is 2.53. The monoisotopic (exact) mass is 320 g/mol. The zero-order chi connectivity index (χ0) is 16.9. The van der Waals surface area contributed by atoms with Gasteiger partial charge in [0, 0.05) is 6.42 Å². The van der Waals surface area contributed by atoms with Crippen LogP contribution in [0.25, 0.3) is 0 Å². The first-order valence-corrected chi connectivity index (χ1v) is 7.97. The predicted octanol–water partition coefficient (Wildman–Crippen LogP) is 1.36. The van der Waals surface area contributed by atoms with E-state index in [2.05, 4.69) is 0 Å². The number of benzene rings is 1. The molecule has 0 radical (unpaired) electrons. The van der Waals surface area contributed by atoms with Gasteiger partial charge in [-0.1, -0.05) is 30.3 Å². The minimum absolute atomic E-state index is 0.150. The van der Waals surface area contributed by atoms with Crippen LogP contribution in [0.3, 0.4) is 0 Å². The van der Waals surface area contributed by atoms with Crippen LogP contribution in [0.2, 0.25) is 0 Å². The Balaban J connectivity index is 2.05. The van der Waals surface area contributed by atoms with Gasteiger partial charge in [0.2, 0.25) is 0 Å². The van der Waals surface area contributed by atoms with Crippen molar-refractivity contribution in [1.29, 1.82) is 0 Å². The highest BCUT2D eigenvalue weighted by Crippen LogP contribution is 2.31. The van der Waals surface area contributed by atoms with Crippen LogP contribution in [0.5, 0.6) is 0 Å². The fourth-order valence-electron chi connectivity index (χ4n) is 2.89. The standard InChI is InChI=1S/C18H24O5/c1-2-23-17(21)18(22)11-14(16(20)15(19)12-18)10-6-9-13-7-4-3-5-8-13/h3-5,7-8,11,15-16,19-20,22H,2,6,9-10,12H2,1H3/t15-,16-,18+/m1/s1. The third kappa shape index (κ3) is 4.41. The SMILES string of the molecule is CCOC(=O)[C@]1(O)C=C(CCCc2ccccc2)[C@@H](O)[C@H](O)C1. The summed E-state index contributed by atoms with van der Waals surface area (Å²) in [6, 6.07) is 9.93. The third-order valence-corrected chi connectivity index (χ3v) is 4.09. The Morgan fingerprint density at radius 1 is 1.26 bits per heavy atom. The summed E-state index contributed by atoms with van der Waals surface area (Å²) in [5.74, 6) is -0.786. The van der Waals surface area contributed by atoms with E-state index in [-0.39, 0.29) is 13.0 Å². The number of ether oxygens (including phenoxy) is 1. The van der Waals surface area contributed by atoms with Crippen molar-refractivity contribution in [3.05, 3.63) is 47.5 Å². The van der Waals surface area contributed by atoms with E-state index in [1.165, 1.54) is 11.6 Å². The number of carbonyl (C=O) groups is 1. The second-order valence-corrected chi connectivity index (χ2v) is 5.92. The molecule has 0 aliphatic heterocycles. The Morgan fingerprint density at radius 2 is 1.96 bits per heavy atom. The van der Waals surface area contributed by atoms with Gasteiger partial charge in [0.25, 0.3) is 0 Å². The number of hydrogen-bond acceptors (Lipinski definition) is 5. The van der Waals surface area contributed by atoms with Crippen LogP contribution < -0.4 is 0 Å². The molecule has 0 amide bonds. The minimum atomic E-state index is -1.86. The summed E-state index contributed by atoms with van der Waals surface area (Å²) in [6.07, 6.45) is 0.927. The Bertz CT molecular complexity index is 554. The van der Waals surface area contributed by atoms with Crippen LogP contribution >= 0.6 is 0 Å². The average molecular weight is 320 g/mol. The van der Waals surface area contributed by atoms with Crippen molar-refractivity contribution in [1.82, 2.24) is 0 Å². The van der Waals surface area contributed by atoms with Gasteiger partial charge < -0.3 is 20.1 Å². The van der Waals surface area contributed by atoms with Gasteiger partial charge in [-0.2, -0.15) is 0 Å². The molecule has 1 aliphatic rings. The van der Waals surface area contributed by atoms with Crippen molar-refractivity contribution in [2.75, 3.05) is 6.61 Å². The molecule has 0 spiro atoms. The van der Waals surface area contributed by atoms with E-state index in [0.29, 0.717) is 12.0 Å². The quantitative estimate of drug-likeness (QED) is 0.544. The summed E-state index contributed by atoms with van der Waals surface area (Å²) in [4.78, 5) is 11.9. The lowest BCUT2D eigenvalue weighted by atomic mass is 9.81. The van der Waals surface area contributed by atoms with E-state index in [9.17, 15) is 20.1 Å². The third-order valence-electron chi connectivity index (χ3n) is 4.09. The zero-order valence-electron chi connectivity index (χ0n) is 13.3. The molecule has 1 aromatic rings. The van der Waals surface area contributed by atoms with Crippen LogP contribution in [0.15, 0.2) is 42.0 Å². The van der Waals surface area contributed by atoms with Gasteiger partial charge >= 0.3 is 5.97 Å². The molecule has 3 atom stereocenters. The fraction of sp³-hybridized carbons (Fsp3) is 0.500. The lowest BCUT2D eigenvalue weighted by Gasteiger charge is -2.34. The van der Waals surface area contributed by atoms with Gasteiger partial charge in [0.1, 0.15) is 6.10 Å². The zero-order valence-corrected chi connectivity index (χ0v) is 13.3. The second kappa shape index (κ2) is 7.73. The number of hydrogen-bond donors (Lipinski definition) is 3. The van der Waals surface area contributed by atoms with Crippen molar-refractivity contribution in [3.8, 4) is 0 Å². The highest BCUT2D eigenvalue weighted by Gasteiger charge is 2.44. The van der Waals surface area contributed by atoms with E-state index in [4.69, 9.17) is 4.74 Å². The Kier molecular flexibility index (Phi) is 5.93. The van der Waals surface area contributed by atoms with E-state index in [1.54, 1.807) is 6.92 Å². The molecule has 126 valence electrons. The molecule has 1 aromatic carbocycles. The molecule has 0 saturated carbocycles. The van der Waals surface area contributed by atoms with Gasteiger partial charge in [-0.3, -0.25) is 0 Å². The van der Waals surface area contributed by atoms with Crippen molar-refractivity contribution >= 4 is 5.97 Å². The Morgan fingerprint density at radius 3 is 2.61 bits per heavy atom. The Labute approximate surface area is 136 Å². The molecule has 2 rings (SSSR count). The summed E-state index contributed by atoms with van der Waals surface area (Å²) in [5.41, 5.74) is -0.202. The summed E-state index contributed by atoms with van der Waals surface area (Å²) in [6.45, 7) is 1.80. The number of aliphatic hydroxyl groups is 3. The molecule has 0 bridgehead atoms. The fourth-order valence-corrected chi connectivity index (χ4v) is 2.89. The molecule has 0 fully saturated rings. The second-order valence-electron chi connectivity index (χ2n) is 5.92. The van der Waals surface area contributed by atoms with E-state index >= 15 is 0 Å². The molecular weight excluding hydrogens is 296 g/mol. The summed E-state index contributed by atoms with van der Waals surface area (Å²) in [7, 11) is 0. The van der Waals surface area contributed by atoms with E-state index in [1.807, 2.05) is 30.3 Å². The lowest BCUT2D eigenvalue weighted by Crippen LogP contribution is -2.49. The van der Waals surface area contributed by atoms with Crippen LogP contribution in [0, 0.1) is 0 Å². The molecule has 0 aromatic heterocycles. The largest absolute Gasteiger partial charge is 0.464 e. The van der Waals surface area contributed by atoms with Crippen molar-refractivity contribution in [2.45, 2.75) is 50.4 Å². The summed E-state index contributed by atoms with van der Waals surface area (Å²) < 4.78 is 4.86. The number of rotatable bonds is 6. The molecule has 5 nitrogen and oxygen atoms in total. The first-order valence-electron chi connectivity index (χ1n) is 7.97. The van der Waals surface area contributed by atoms with Crippen LogP contribution in [0.4, 0.5) is 0 Å². The highest BCUT2D eigenvalue weighted by molar-refractivity contribution is 5.82. The number of aryl methyl sites for hydroxylation is 1. The minimum Gasteiger partial charge on any atom is -0.464 e. The van der Waals surface area contributed by atoms with Crippen molar-refractivity contribution in [2.24, 2.45) is 0 Å². The molecule has 0 saturated heterocycles. The van der Waals surface area contributed by atoms with Crippen molar-refractivity contribution < 1.29 is 24.9 Å². The molecule has 23 heavy (non-hydrogen) atoms. The topological polar surface area (TPSA) is 87.0 Å². The number of esters is 1. The van der Waals surface area contributed by atoms with Crippen molar-refractivity contribution in [3.63, 3.8) is 0 Å². The number of aliphatic hydroxyl groups excluding tert-OH is 2. The molecule has 0 unspecified atom stereocenters. The molecular formula is C18H24O5. The number of carbonyl (C=O) groups excluding carboxylic acids is 1. The maximum absolute atomic E-state index is 11.9. The highest BCUT2D eigenvalue weighted by atomic mass is 16.5. The van der Waals surface area contributed by atoms with Gasteiger partial charge in [-0.05, 0) is 43.4 Å². The summed E-state index contributed by atoms with van der Waals surface area (Å²) in [5, 5.41) is 30.5. The smallest absolute Gasteiger partial charge is 0.342 e. The van der Waals surface area contributed by atoms with E-state index in [0.717, 1.165) is 12.8 Å². The van der Waals surface area contributed by atoms with Crippen LogP contribution in [-0.4, -0.2) is 45.7 Å². The van der Waals surface area contributed by atoms with E-state index < -0.39 is 23.8 Å². The predicted molar refractivity (Wildman–Crippen MR) is 85.7 cm³/mol. The first kappa shape index (κ1) is 17.7. The molecule has 5 heteroatoms. The normalized spacial score (nSPS) is 27.4. The van der Waals surface area contributed by atoms with Gasteiger partial charge in [0.05, 0.1) is 12.7 Å². The summed E-state index contributed by atoms with van der Waals surface area (Å²) >= 11 is 0. The van der Waals surface area contributed by atoms with Gasteiger partial charge in [0.15, 0.2) is 5.60 Å². The van der Waals surface area contributed by atoms with Crippen LogP contribution in [0.1, 0.15) is 31.7 Å². The van der Waals surface area contributed by atoms with Crippen LogP contribution in [-0.2, 0) is 16.0 Å².